The van der Waals surface area contributed by atoms with Crippen LogP contribution in [0.15, 0.2) is 75.9 Å². The lowest BCUT2D eigenvalue weighted by molar-refractivity contribution is 0.102. The molecule has 8 heteroatoms. The molecule has 168 valence electrons. The first-order valence-electron chi connectivity index (χ1n) is 10.2. The third kappa shape index (κ3) is 4.65. The van der Waals surface area contributed by atoms with Gasteiger partial charge in [-0.05, 0) is 43.7 Å². The van der Waals surface area contributed by atoms with Crippen molar-refractivity contribution in [3.8, 4) is 11.3 Å². The smallest absolute Gasteiger partial charge is 0.259 e. The number of anilines is 2. The van der Waals surface area contributed by atoms with E-state index in [0.29, 0.717) is 33.6 Å². The summed E-state index contributed by atoms with van der Waals surface area (Å²) in [4.78, 5) is 26.2. The largest absolute Gasteiger partial charge is 0.455 e. The predicted molar refractivity (Wildman–Crippen MR) is 130 cm³/mol. The second-order valence-electron chi connectivity index (χ2n) is 7.79. The Morgan fingerprint density at radius 1 is 0.939 bits per heavy atom. The number of hydrogen-bond acceptors (Lipinski definition) is 5. The summed E-state index contributed by atoms with van der Waals surface area (Å²) in [6, 6.07) is 19.0. The van der Waals surface area contributed by atoms with Gasteiger partial charge in [-0.1, -0.05) is 42.5 Å². The summed E-state index contributed by atoms with van der Waals surface area (Å²) < 4.78 is 31.8. The zero-order chi connectivity index (χ0) is 23.8. The highest BCUT2D eigenvalue weighted by Gasteiger charge is 2.19. The predicted octanol–water partition coefficient (Wildman–Crippen LogP) is 4.70. The molecule has 0 saturated heterocycles. The minimum absolute atomic E-state index is 0.186. The zero-order valence-corrected chi connectivity index (χ0v) is 19.1. The number of hydrogen-bond donors (Lipinski definition) is 2. The highest BCUT2D eigenvalue weighted by Crippen LogP contribution is 2.28. The third-order valence-corrected chi connectivity index (χ3v) is 5.81. The Hall–Kier alpha value is -3.91. The number of para-hydroxylation sites is 1. The van der Waals surface area contributed by atoms with Crippen LogP contribution in [-0.4, -0.2) is 20.6 Å². The number of carbonyl (C=O) groups excluding carboxylic acids is 1. The second kappa shape index (κ2) is 8.55. The van der Waals surface area contributed by atoms with E-state index in [4.69, 9.17) is 4.42 Å². The molecule has 0 unspecified atom stereocenters. The van der Waals surface area contributed by atoms with Gasteiger partial charge in [0.25, 0.3) is 5.91 Å². The van der Waals surface area contributed by atoms with Gasteiger partial charge in [0, 0.05) is 16.8 Å². The summed E-state index contributed by atoms with van der Waals surface area (Å²) in [7, 11) is -3.48. The number of sulfonamides is 1. The summed E-state index contributed by atoms with van der Waals surface area (Å²) in [5, 5.41) is 3.07. The van der Waals surface area contributed by atoms with Gasteiger partial charge < -0.3 is 9.73 Å². The molecule has 2 N–H and O–H groups in total. The van der Waals surface area contributed by atoms with Crippen molar-refractivity contribution in [3.05, 3.63) is 93.6 Å². The fraction of sp³-hybridized carbons (Fsp3) is 0.120. The molecule has 0 aliphatic carbocycles. The number of aryl methyl sites for hydroxylation is 1. The molecule has 0 bridgehead atoms. The highest BCUT2D eigenvalue weighted by molar-refractivity contribution is 7.92. The topological polar surface area (TPSA) is 105 Å². The van der Waals surface area contributed by atoms with Crippen molar-refractivity contribution < 1.29 is 17.6 Å². The van der Waals surface area contributed by atoms with Crippen LogP contribution in [0.2, 0.25) is 0 Å². The van der Waals surface area contributed by atoms with Crippen LogP contribution in [0, 0.1) is 13.8 Å². The number of rotatable bonds is 5. The summed E-state index contributed by atoms with van der Waals surface area (Å²) in [5.74, 6) is -0.0795. The van der Waals surface area contributed by atoms with Gasteiger partial charge in [-0.3, -0.25) is 14.3 Å². The molecular weight excluding hydrogens is 440 g/mol. The first-order chi connectivity index (χ1) is 15.6. The standard InChI is InChI=1S/C25H22N2O5S/c1-15-12-13-18(14-21(15)27-33(3,30)31)26-25(29)20-11-7-10-19-22(28)16(2)23(32-24(19)20)17-8-5-4-6-9-17/h4-14,27H,1-3H3,(H,26,29). The van der Waals surface area contributed by atoms with Gasteiger partial charge in [-0.2, -0.15) is 0 Å². The lowest BCUT2D eigenvalue weighted by Crippen LogP contribution is -2.15. The quantitative estimate of drug-likeness (QED) is 0.447. The number of fused-ring (bicyclic) bond motifs is 1. The van der Waals surface area contributed by atoms with E-state index in [9.17, 15) is 18.0 Å². The Kier molecular flexibility index (Phi) is 5.78. The third-order valence-electron chi connectivity index (χ3n) is 5.22. The van der Waals surface area contributed by atoms with Crippen LogP contribution < -0.4 is 15.5 Å². The average molecular weight is 463 g/mol. The van der Waals surface area contributed by atoms with Gasteiger partial charge >= 0.3 is 0 Å². The zero-order valence-electron chi connectivity index (χ0n) is 18.3. The van der Waals surface area contributed by atoms with Gasteiger partial charge in [-0.15, -0.1) is 0 Å². The lowest BCUT2D eigenvalue weighted by Gasteiger charge is -2.13. The normalized spacial score (nSPS) is 11.4. The van der Waals surface area contributed by atoms with E-state index in [0.717, 1.165) is 11.8 Å². The molecule has 4 rings (SSSR count). The Balaban J connectivity index is 1.78. The molecule has 1 aromatic heterocycles. The first kappa shape index (κ1) is 22.3. The van der Waals surface area contributed by atoms with Crippen molar-refractivity contribution in [2.45, 2.75) is 13.8 Å². The fourth-order valence-corrected chi connectivity index (χ4v) is 4.18. The molecule has 1 heterocycles. The molecule has 0 aliphatic rings. The van der Waals surface area contributed by atoms with E-state index >= 15 is 0 Å². The van der Waals surface area contributed by atoms with Crippen molar-refractivity contribution in [1.29, 1.82) is 0 Å². The van der Waals surface area contributed by atoms with Gasteiger partial charge in [0.2, 0.25) is 10.0 Å². The monoisotopic (exact) mass is 462 g/mol. The number of benzene rings is 3. The Bertz CT molecular complexity index is 1540. The molecule has 7 nitrogen and oxygen atoms in total. The van der Waals surface area contributed by atoms with Crippen molar-refractivity contribution in [1.82, 2.24) is 0 Å². The molecular formula is C25H22N2O5S. The Morgan fingerprint density at radius 2 is 1.67 bits per heavy atom. The molecule has 0 atom stereocenters. The van der Waals surface area contributed by atoms with Gasteiger partial charge in [-0.25, -0.2) is 8.42 Å². The fourth-order valence-electron chi connectivity index (χ4n) is 3.56. The van der Waals surface area contributed by atoms with Gasteiger partial charge in [0.1, 0.15) is 5.76 Å². The van der Waals surface area contributed by atoms with Gasteiger partial charge in [0.05, 0.1) is 22.9 Å². The van der Waals surface area contributed by atoms with Gasteiger partial charge in [0.15, 0.2) is 11.0 Å². The van der Waals surface area contributed by atoms with Crippen LogP contribution in [0.5, 0.6) is 0 Å². The maximum atomic E-state index is 13.1. The molecule has 33 heavy (non-hydrogen) atoms. The maximum absolute atomic E-state index is 13.1. The summed E-state index contributed by atoms with van der Waals surface area (Å²) in [5.41, 5.74) is 2.83. The van der Waals surface area contributed by atoms with Crippen molar-refractivity contribution in [2.75, 3.05) is 16.3 Å². The molecule has 0 saturated carbocycles. The highest BCUT2D eigenvalue weighted by atomic mass is 32.2. The van der Waals surface area contributed by atoms with Crippen LogP contribution in [-0.2, 0) is 10.0 Å². The molecule has 0 spiro atoms. The van der Waals surface area contributed by atoms with Crippen LogP contribution >= 0.6 is 0 Å². The summed E-state index contributed by atoms with van der Waals surface area (Å²) in [6.07, 6.45) is 1.06. The van der Waals surface area contributed by atoms with Crippen molar-refractivity contribution >= 4 is 38.3 Å². The Labute approximate surface area is 191 Å². The van der Waals surface area contributed by atoms with E-state index < -0.39 is 15.9 Å². The average Bonchev–Trinajstić information content (AvgIpc) is 2.77. The number of carbonyl (C=O) groups is 1. The second-order valence-corrected chi connectivity index (χ2v) is 9.54. The minimum atomic E-state index is -3.48. The number of amides is 1. The molecule has 0 radical (unpaired) electrons. The van der Waals surface area contributed by atoms with E-state index in [1.807, 2.05) is 30.3 Å². The van der Waals surface area contributed by atoms with Crippen LogP contribution in [0.4, 0.5) is 11.4 Å². The lowest BCUT2D eigenvalue weighted by atomic mass is 10.0. The van der Waals surface area contributed by atoms with Crippen LogP contribution in [0.1, 0.15) is 21.5 Å². The minimum Gasteiger partial charge on any atom is -0.455 e. The van der Waals surface area contributed by atoms with E-state index in [1.165, 1.54) is 6.07 Å². The molecule has 4 aromatic rings. The summed E-state index contributed by atoms with van der Waals surface area (Å²) in [6.45, 7) is 3.45. The molecule has 3 aromatic carbocycles. The summed E-state index contributed by atoms with van der Waals surface area (Å²) >= 11 is 0. The van der Waals surface area contributed by atoms with E-state index in [1.54, 1.807) is 44.2 Å². The van der Waals surface area contributed by atoms with Crippen LogP contribution in [0.3, 0.4) is 0 Å². The molecule has 0 aliphatic heterocycles. The van der Waals surface area contributed by atoms with E-state index in [-0.39, 0.29) is 16.6 Å². The van der Waals surface area contributed by atoms with Crippen molar-refractivity contribution in [3.63, 3.8) is 0 Å². The van der Waals surface area contributed by atoms with Crippen molar-refractivity contribution in [2.24, 2.45) is 0 Å². The Morgan fingerprint density at radius 3 is 2.36 bits per heavy atom. The van der Waals surface area contributed by atoms with Crippen LogP contribution in [0.25, 0.3) is 22.3 Å². The maximum Gasteiger partial charge on any atom is 0.259 e. The SMILES string of the molecule is Cc1ccc(NC(=O)c2cccc3c(=O)c(C)c(-c4ccccc4)oc23)cc1NS(C)(=O)=O. The van der Waals surface area contributed by atoms with E-state index in [2.05, 4.69) is 10.0 Å². The molecule has 0 fully saturated rings. The first-order valence-corrected chi connectivity index (χ1v) is 12.0. The molecule has 1 amide bonds. The number of nitrogens with one attached hydrogen (secondary N) is 2.